The predicted molar refractivity (Wildman–Crippen MR) is 88.0 cm³/mol. The van der Waals surface area contributed by atoms with Crippen molar-refractivity contribution >= 4 is 28.9 Å². The predicted octanol–water partition coefficient (Wildman–Crippen LogP) is 2.50. The summed E-state index contributed by atoms with van der Waals surface area (Å²) in [5, 5.41) is 9.37. The molecule has 0 aliphatic heterocycles. The average Bonchev–Trinajstić information content (AvgIpc) is 2.34. The maximum Gasteiger partial charge on any atom is 0.242 e. The lowest BCUT2D eigenvalue weighted by molar-refractivity contribution is -0.122. The Bertz CT molecular complexity index is 468. The van der Waals surface area contributed by atoms with Gasteiger partial charge in [0.15, 0.2) is 5.11 Å². The summed E-state index contributed by atoms with van der Waals surface area (Å²) in [7, 11) is 0. The zero-order valence-corrected chi connectivity index (χ0v) is 13.4. The van der Waals surface area contributed by atoms with Crippen LogP contribution in [0, 0.1) is 13.8 Å². The maximum atomic E-state index is 11.7. The fraction of sp³-hybridized carbons (Fsp3) is 0.467. The van der Waals surface area contributed by atoms with Crippen LogP contribution in [-0.2, 0) is 4.79 Å². The molecule has 0 radical (unpaired) electrons. The highest BCUT2D eigenvalue weighted by atomic mass is 32.1. The van der Waals surface area contributed by atoms with Crippen molar-refractivity contribution in [2.45, 2.75) is 40.2 Å². The van der Waals surface area contributed by atoms with Gasteiger partial charge in [0.05, 0.1) is 0 Å². The van der Waals surface area contributed by atoms with Crippen molar-refractivity contribution in [1.82, 2.24) is 10.6 Å². The van der Waals surface area contributed by atoms with Gasteiger partial charge in [-0.05, 0) is 62.7 Å². The quantitative estimate of drug-likeness (QED) is 0.730. The van der Waals surface area contributed by atoms with Crippen LogP contribution >= 0.6 is 12.2 Å². The number of hydrogen-bond donors (Lipinski definition) is 3. The lowest BCUT2D eigenvalue weighted by Crippen LogP contribution is -2.46. The first-order valence-corrected chi connectivity index (χ1v) is 7.26. The summed E-state index contributed by atoms with van der Waals surface area (Å²) in [5.74, 6) is -0.0450. The van der Waals surface area contributed by atoms with Gasteiger partial charge in [-0.25, -0.2) is 0 Å². The Kier molecular flexibility index (Phi) is 6.45. The van der Waals surface area contributed by atoms with E-state index in [9.17, 15) is 4.79 Å². The van der Waals surface area contributed by atoms with Gasteiger partial charge in [0.1, 0.15) is 6.04 Å². The van der Waals surface area contributed by atoms with Crippen LogP contribution in [0.3, 0.4) is 0 Å². The van der Waals surface area contributed by atoms with E-state index in [0.29, 0.717) is 11.7 Å². The van der Waals surface area contributed by atoms with Crippen molar-refractivity contribution in [2.75, 3.05) is 11.9 Å². The SMILES string of the molecule is CCCNC(=O)[C@@H](C)NC(=S)Nc1cc(C)cc(C)c1. The minimum Gasteiger partial charge on any atom is -0.354 e. The number of nitrogens with one attached hydrogen (secondary N) is 3. The first-order chi connectivity index (χ1) is 9.42. The molecule has 0 saturated carbocycles. The van der Waals surface area contributed by atoms with E-state index in [-0.39, 0.29) is 11.9 Å². The van der Waals surface area contributed by atoms with Crippen molar-refractivity contribution in [3.63, 3.8) is 0 Å². The zero-order chi connectivity index (χ0) is 15.1. The minimum atomic E-state index is -0.354. The van der Waals surface area contributed by atoms with Crippen LogP contribution in [-0.4, -0.2) is 23.6 Å². The highest BCUT2D eigenvalue weighted by Crippen LogP contribution is 2.13. The minimum absolute atomic E-state index is 0.0450. The number of carbonyl (C=O) groups is 1. The molecule has 1 rings (SSSR count). The number of aryl methyl sites for hydroxylation is 2. The Balaban J connectivity index is 2.52. The van der Waals surface area contributed by atoms with E-state index in [1.807, 2.05) is 32.9 Å². The molecule has 0 aliphatic rings. The van der Waals surface area contributed by atoms with Crippen LogP contribution < -0.4 is 16.0 Å². The molecule has 0 fully saturated rings. The fourth-order valence-corrected chi connectivity index (χ4v) is 2.17. The molecule has 0 saturated heterocycles. The standard InChI is InChI=1S/C15H23N3OS/c1-5-6-16-14(19)12(4)17-15(20)18-13-8-10(2)7-11(3)9-13/h7-9,12H,5-6H2,1-4H3,(H,16,19)(H2,17,18,20)/t12-/m1/s1. The Morgan fingerprint density at radius 3 is 2.40 bits per heavy atom. The van der Waals surface area contributed by atoms with Gasteiger partial charge in [0.25, 0.3) is 0 Å². The number of carbonyl (C=O) groups excluding carboxylic acids is 1. The normalized spacial score (nSPS) is 11.6. The number of amides is 1. The van der Waals surface area contributed by atoms with Crippen LogP contribution in [0.1, 0.15) is 31.4 Å². The van der Waals surface area contributed by atoms with Crippen LogP contribution in [0.5, 0.6) is 0 Å². The molecule has 0 heterocycles. The molecule has 3 N–H and O–H groups in total. The average molecular weight is 293 g/mol. The van der Waals surface area contributed by atoms with E-state index in [2.05, 4.69) is 22.0 Å². The Hall–Kier alpha value is -1.62. The molecule has 0 aliphatic carbocycles. The molecule has 4 nitrogen and oxygen atoms in total. The van der Waals surface area contributed by atoms with Crippen LogP contribution in [0.25, 0.3) is 0 Å². The summed E-state index contributed by atoms with van der Waals surface area (Å²) in [5.41, 5.74) is 3.27. The van der Waals surface area contributed by atoms with E-state index in [1.54, 1.807) is 6.92 Å². The van der Waals surface area contributed by atoms with Crippen molar-refractivity contribution in [3.05, 3.63) is 29.3 Å². The van der Waals surface area contributed by atoms with Gasteiger partial charge in [0, 0.05) is 12.2 Å². The van der Waals surface area contributed by atoms with Crippen LogP contribution in [0.2, 0.25) is 0 Å². The molecule has 5 heteroatoms. The molecule has 0 spiro atoms. The van der Waals surface area contributed by atoms with E-state index in [1.165, 1.54) is 11.1 Å². The number of anilines is 1. The third-order valence-corrected chi connectivity index (χ3v) is 2.99. The summed E-state index contributed by atoms with van der Waals surface area (Å²) < 4.78 is 0. The van der Waals surface area contributed by atoms with Crippen molar-refractivity contribution < 1.29 is 4.79 Å². The fourth-order valence-electron chi connectivity index (χ4n) is 1.88. The highest BCUT2D eigenvalue weighted by molar-refractivity contribution is 7.80. The molecule has 1 atom stereocenters. The molecule has 0 aromatic heterocycles. The van der Waals surface area contributed by atoms with Crippen molar-refractivity contribution in [3.8, 4) is 0 Å². The first-order valence-electron chi connectivity index (χ1n) is 6.86. The molecule has 0 unspecified atom stereocenters. The van der Waals surface area contributed by atoms with Gasteiger partial charge in [-0.15, -0.1) is 0 Å². The summed E-state index contributed by atoms with van der Waals surface area (Å²) in [6.07, 6.45) is 0.920. The molecule has 110 valence electrons. The van der Waals surface area contributed by atoms with Crippen molar-refractivity contribution in [2.24, 2.45) is 0 Å². The molecule has 1 aromatic rings. The second kappa shape index (κ2) is 7.85. The number of hydrogen-bond acceptors (Lipinski definition) is 2. The Morgan fingerprint density at radius 1 is 1.25 bits per heavy atom. The summed E-state index contributed by atoms with van der Waals surface area (Å²) >= 11 is 5.23. The summed E-state index contributed by atoms with van der Waals surface area (Å²) in [6, 6.07) is 5.78. The van der Waals surface area contributed by atoms with E-state index >= 15 is 0 Å². The number of thiocarbonyl (C=S) groups is 1. The van der Waals surface area contributed by atoms with Gasteiger partial charge >= 0.3 is 0 Å². The largest absolute Gasteiger partial charge is 0.354 e. The van der Waals surface area contributed by atoms with E-state index in [0.717, 1.165) is 12.1 Å². The Labute approximate surface area is 126 Å². The Morgan fingerprint density at radius 2 is 1.85 bits per heavy atom. The maximum absolute atomic E-state index is 11.7. The third kappa shape index (κ3) is 5.57. The third-order valence-electron chi connectivity index (χ3n) is 2.77. The number of benzene rings is 1. The zero-order valence-electron chi connectivity index (χ0n) is 12.5. The molecule has 1 amide bonds. The monoisotopic (exact) mass is 293 g/mol. The van der Waals surface area contributed by atoms with Gasteiger partial charge in [-0.1, -0.05) is 13.0 Å². The van der Waals surface area contributed by atoms with E-state index < -0.39 is 0 Å². The molecular weight excluding hydrogens is 270 g/mol. The van der Waals surface area contributed by atoms with Gasteiger partial charge in [-0.3, -0.25) is 4.79 Å². The summed E-state index contributed by atoms with van der Waals surface area (Å²) in [4.78, 5) is 11.7. The van der Waals surface area contributed by atoms with E-state index in [4.69, 9.17) is 12.2 Å². The first kappa shape index (κ1) is 16.4. The molecular formula is C15H23N3OS. The topological polar surface area (TPSA) is 53.2 Å². The molecule has 20 heavy (non-hydrogen) atoms. The highest BCUT2D eigenvalue weighted by Gasteiger charge is 2.12. The second-order valence-electron chi connectivity index (χ2n) is 4.99. The van der Waals surface area contributed by atoms with Crippen LogP contribution in [0.15, 0.2) is 18.2 Å². The van der Waals surface area contributed by atoms with Gasteiger partial charge in [-0.2, -0.15) is 0 Å². The lowest BCUT2D eigenvalue weighted by Gasteiger charge is -2.17. The molecule has 0 bridgehead atoms. The number of rotatable bonds is 5. The molecule has 1 aromatic carbocycles. The smallest absolute Gasteiger partial charge is 0.242 e. The summed E-state index contributed by atoms with van der Waals surface area (Å²) in [6.45, 7) is 8.57. The van der Waals surface area contributed by atoms with Crippen molar-refractivity contribution in [1.29, 1.82) is 0 Å². The van der Waals surface area contributed by atoms with Gasteiger partial charge < -0.3 is 16.0 Å². The lowest BCUT2D eigenvalue weighted by atomic mass is 10.1. The second-order valence-corrected chi connectivity index (χ2v) is 5.40. The van der Waals surface area contributed by atoms with Gasteiger partial charge in [0.2, 0.25) is 5.91 Å². The van der Waals surface area contributed by atoms with Crippen LogP contribution in [0.4, 0.5) is 5.69 Å².